The minimum atomic E-state index is 0.702. The molecule has 18 heavy (non-hydrogen) atoms. The van der Waals surface area contributed by atoms with Crippen LogP contribution in [0.25, 0.3) is 0 Å². The van der Waals surface area contributed by atoms with E-state index in [1.165, 1.54) is 33.5 Å². The van der Waals surface area contributed by atoms with Crippen LogP contribution in [0.1, 0.15) is 39.2 Å². The third-order valence-corrected chi connectivity index (χ3v) is 4.34. The zero-order valence-electron chi connectivity index (χ0n) is 11.6. The van der Waals surface area contributed by atoms with E-state index in [1.54, 1.807) is 0 Å². The van der Waals surface area contributed by atoms with E-state index in [9.17, 15) is 0 Å². The lowest BCUT2D eigenvalue weighted by molar-refractivity contribution is 0.550. The van der Waals surface area contributed by atoms with Crippen molar-refractivity contribution in [2.75, 3.05) is 12.3 Å². The molecule has 0 unspecified atom stereocenters. The van der Waals surface area contributed by atoms with Gasteiger partial charge in [0.1, 0.15) is 0 Å². The van der Waals surface area contributed by atoms with Crippen molar-refractivity contribution in [1.82, 2.24) is 5.32 Å². The summed E-state index contributed by atoms with van der Waals surface area (Å²) >= 11 is 5.54. The SMILES string of the molecule is CCCCSc1ccc(Br)cc1CNCC(C)C. The predicted molar refractivity (Wildman–Crippen MR) is 86.3 cm³/mol. The summed E-state index contributed by atoms with van der Waals surface area (Å²) in [6.45, 7) is 8.76. The molecule has 0 aliphatic heterocycles. The Bertz CT molecular complexity index is 352. The Morgan fingerprint density at radius 1 is 1.33 bits per heavy atom. The topological polar surface area (TPSA) is 12.0 Å². The molecule has 0 aliphatic carbocycles. The summed E-state index contributed by atoms with van der Waals surface area (Å²) in [5, 5.41) is 3.52. The minimum Gasteiger partial charge on any atom is -0.312 e. The second kappa shape index (κ2) is 9.00. The third-order valence-electron chi connectivity index (χ3n) is 2.65. The molecule has 3 heteroatoms. The quantitative estimate of drug-likeness (QED) is 0.526. The maximum Gasteiger partial charge on any atom is 0.0217 e. The van der Waals surface area contributed by atoms with Crippen LogP contribution < -0.4 is 5.32 Å². The van der Waals surface area contributed by atoms with Crippen LogP contribution >= 0.6 is 27.7 Å². The lowest BCUT2D eigenvalue weighted by Crippen LogP contribution is -2.19. The fourth-order valence-corrected chi connectivity index (χ4v) is 3.19. The Kier molecular flexibility index (Phi) is 8.03. The van der Waals surface area contributed by atoms with Gasteiger partial charge in [-0.1, -0.05) is 43.1 Å². The van der Waals surface area contributed by atoms with E-state index in [0.717, 1.165) is 13.1 Å². The van der Waals surface area contributed by atoms with E-state index in [1.807, 2.05) is 11.8 Å². The number of halogens is 1. The molecule has 0 aliphatic rings. The molecule has 0 radical (unpaired) electrons. The standard InChI is InChI=1S/C15H24BrNS/c1-4-5-8-18-15-7-6-14(16)9-13(15)11-17-10-12(2)3/h6-7,9,12,17H,4-5,8,10-11H2,1-3H3. The van der Waals surface area contributed by atoms with Gasteiger partial charge in [0.05, 0.1) is 0 Å². The van der Waals surface area contributed by atoms with Gasteiger partial charge in [0.2, 0.25) is 0 Å². The van der Waals surface area contributed by atoms with Gasteiger partial charge in [-0.05, 0) is 48.4 Å². The summed E-state index contributed by atoms with van der Waals surface area (Å²) in [4.78, 5) is 1.42. The number of unbranched alkanes of at least 4 members (excludes halogenated alkanes) is 1. The highest BCUT2D eigenvalue weighted by Gasteiger charge is 2.04. The van der Waals surface area contributed by atoms with E-state index < -0.39 is 0 Å². The van der Waals surface area contributed by atoms with E-state index in [2.05, 4.69) is 60.2 Å². The highest BCUT2D eigenvalue weighted by Crippen LogP contribution is 2.26. The number of thioether (sulfide) groups is 1. The molecule has 0 fully saturated rings. The Morgan fingerprint density at radius 2 is 2.11 bits per heavy atom. The van der Waals surface area contributed by atoms with Crippen LogP contribution in [0.15, 0.2) is 27.6 Å². The van der Waals surface area contributed by atoms with Gasteiger partial charge < -0.3 is 5.32 Å². The van der Waals surface area contributed by atoms with Gasteiger partial charge in [-0.2, -0.15) is 0 Å². The molecule has 0 saturated heterocycles. The summed E-state index contributed by atoms with van der Waals surface area (Å²) in [5.41, 5.74) is 1.41. The molecule has 1 rings (SSSR count). The van der Waals surface area contributed by atoms with E-state index in [0.29, 0.717) is 5.92 Å². The molecular weight excluding hydrogens is 306 g/mol. The van der Waals surface area contributed by atoms with Gasteiger partial charge in [-0.3, -0.25) is 0 Å². The van der Waals surface area contributed by atoms with Crippen molar-refractivity contribution in [3.8, 4) is 0 Å². The molecular formula is C15H24BrNS. The van der Waals surface area contributed by atoms with E-state index in [4.69, 9.17) is 0 Å². The Balaban J connectivity index is 2.58. The van der Waals surface area contributed by atoms with Crippen molar-refractivity contribution < 1.29 is 0 Å². The van der Waals surface area contributed by atoms with Crippen LogP contribution in [0.3, 0.4) is 0 Å². The Morgan fingerprint density at radius 3 is 2.78 bits per heavy atom. The average molecular weight is 330 g/mol. The highest BCUT2D eigenvalue weighted by atomic mass is 79.9. The number of hydrogen-bond acceptors (Lipinski definition) is 2. The van der Waals surface area contributed by atoms with E-state index >= 15 is 0 Å². The number of benzene rings is 1. The van der Waals surface area contributed by atoms with Gasteiger partial charge in [-0.25, -0.2) is 0 Å². The second-order valence-electron chi connectivity index (χ2n) is 4.98. The van der Waals surface area contributed by atoms with Gasteiger partial charge in [-0.15, -0.1) is 11.8 Å². The number of rotatable bonds is 8. The molecule has 0 spiro atoms. The third kappa shape index (κ3) is 6.26. The maximum absolute atomic E-state index is 3.56. The van der Waals surface area contributed by atoms with Crippen LogP contribution in [0.4, 0.5) is 0 Å². The van der Waals surface area contributed by atoms with Crippen molar-refractivity contribution in [2.45, 2.75) is 45.1 Å². The number of hydrogen-bond donors (Lipinski definition) is 1. The first-order valence-corrected chi connectivity index (χ1v) is 8.53. The van der Waals surface area contributed by atoms with Crippen LogP contribution in [-0.2, 0) is 6.54 Å². The van der Waals surface area contributed by atoms with Gasteiger partial charge in [0.15, 0.2) is 0 Å². The zero-order chi connectivity index (χ0) is 13.4. The summed E-state index contributed by atoms with van der Waals surface area (Å²) in [7, 11) is 0. The first kappa shape index (κ1) is 16.1. The lowest BCUT2D eigenvalue weighted by Gasteiger charge is -2.12. The molecule has 0 heterocycles. The fourth-order valence-electron chi connectivity index (χ4n) is 1.65. The van der Waals surface area contributed by atoms with Crippen molar-refractivity contribution in [3.63, 3.8) is 0 Å². The lowest BCUT2D eigenvalue weighted by atomic mass is 10.2. The zero-order valence-corrected chi connectivity index (χ0v) is 14.0. The first-order valence-electron chi connectivity index (χ1n) is 6.75. The largest absolute Gasteiger partial charge is 0.312 e. The molecule has 102 valence electrons. The molecule has 1 aromatic carbocycles. The summed E-state index contributed by atoms with van der Waals surface area (Å²) in [5.74, 6) is 1.92. The molecule has 1 aromatic rings. The molecule has 0 saturated carbocycles. The Hall–Kier alpha value is 0.01000. The fraction of sp³-hybridized carbons (Fsp3) is 0.600. The van der Waals surface area contributed by atoms with Gasteiger partial charge in [0.25, 0.3) is 0 Å². The Labute approximate surface area is 124 Å². The van der Waals surface area contributed by atoms with Crippen LogP contribution in [0.5, 0.6) is 0 Å². The monoisotopic (exact) mass is 329 g/mol. The molecule has 1 N–H and O–H groups in total. The summed E-state index contributed by atoms with van der Waals surface area (Å²) in [6, 6.07) is 6.61. The molecule has 0 bridgehead atoms. The number of nitrogens with one attached hydrogen (secondary N) is 1. The van der Waals surface area contributed by atoms with Crippen LogP contribution in [0.2, 0.25) is 0 Å². The second-order valence-corrected chi connectivity index (χ2v) is 7.03. The first-order chi connectivity index (χ1) is 8.63. The van der Waals surface area contributed by atoms with Crippen LogP contribution in [-0.4, -0.2) is 12.3 Å². The predicted octanol–water partition coefficient (Wildman–Crippen LogP) is 5.09. The van der Waals surface area contributed by atoms with Crippen molar-refractivity contribution >= 4 is 27.7 Å². The summed E-state index contributed by atoms with van der Waals surface area (Å²) in [6.07, 6.45) is 2.56. The van der Waals surface area contributed by atoms with Gasteiger partial charge >= 0.3 is 0 Å². The normalized spacial score (nSPS) is 11.2. The molecule has 1 nitrogen and oxygen atoms in total. The molecule has 0 aromatic heterocycles. The minimum absolute atomic E-state index is 0.702. The van der Waals surface area contributed by atoms with Gasteiger partial charge in [0, 0.05) is 15.9 Å². The summed E-state index contributed by atoms with van der Waals surface area (Å²) < 4.78 is 1.17. The maximum atomic E-state index is 3.56. The van der Waals surface area contributed by atoms with E-state index in [-0.39, 0.29) is 0 Å². The van der Waals surface area contributed by atoms with Crippen molar-refractivity contribution in [3.05, 3.63) is 28.2 Å². The molecule has 0 atom stereocenters. The molecule has 0 amide bonds. The van der Waals surface area contributed by atoms with Crippen molar-refractivity contribution in [1.29, 1.82) is 0 Å². The van der Waals surface area contributed by atoms with Crippen molar-refractivity contribution in [2.24, 2.45) is 5.92 Å². The smallest absolute Gasteiger partial charge is 0.0217 e. The highest BCUT2D eigenvalue weighted by molar-refractivity contribution is 9.10. The average Bonchev–Trinajstić information content (AvgIpc) is 2.31. The van der Waals surface area contributed by atoms with Crippen LogP contribution in [0, 0.1) is 5.92 Å².